The third-order valence-corrected chi connectivity index (χ3v) is 2.93. The molecule has 0 bridgehead atoms. The minimum absolute atomic E-state index is 0.00146. The lowest BCUT2D eigenvalue weighted by Gasteiger charge is -2.22. The molecule has 17 heavy (non-hydrogen) atoms. The van der Waals surface area contributed by atoms with E-state index in [2.05, 4.69) is 24.5 Å². The van der Waals surface area contributed by atoms with Crippen LogP contribution in [0, 0.1) is 11.8 Å². The lowest BCUT2D eigenvalue weighted by atomic mass is 9.96. The van der Waals surface area contributed by atoms with Crippen LogP contribution in [0.1, 0.15) is 20.8 Å². The number of amides is 1. The Morgan fingerprint density at radius 1 is 1.35 bits per heavy atom. The molecule has 0 rings (SSSR count). The lowest BCUT2D eigenvalue weighted by Crippen LogP contribution is -2.46. The average molecular weight is 245 g/mol. The van der Waals surface area contributed by atoms with Gasteiger partial charge in [0.15, 0.2) is 0 Å². The van der Waals surface area contributed by atoms with Crippen molar-refractivity contribution < 1.29 is 9.53 Å². The van der Waals surface area contributed by atoms with Gasteiger partial charge in [0.05, 0.1) is 12.6 Å². The third kappa shape index (κ3) is 7.31. The maximum Gasteiger partial charge on any atom is 0.236 e. The van der Waals surface area contributed by atoms with Crippen LogP contribution in [0.25, 0.3) is 0 Å². The fourth-order valence-corrected chi connectivity index (χ4v) is 1.44. The van der Waals surface area contributed by atoms with Crippen molar-refractivity contribution in [2.45, 2.75) is 26.8 Å². The second-order valence-corrected chi connectivity index (χ2v) is 4.65. The first-order valence-electron chi connectivity index (χ1n) is 6.23. The Morgan fingerprint density at radius 2 is 2.00 bits per heavy atom. The molecular weight excluding hydrogens is 218 g/mol. The van der Waals surface area contributed by atoms with E-state index >= 15 is 0 Å². The molecule has 0 heterocycles. The van der Waals surface area contributed by atoms with Crippen LogP contribution in [0.2, 0.25) is 0 Å². The summed E-state index contributed by atoms with van der Waals surface area (Å²) < 4.78 is 4.87. The SMILES string of the molecule is COCCNC(=O)C(C)NCC(CN)C(C)C. The molecular formula is C12H27N3O2. The highest BCUT2D eigenvalue weighted by Crippen LogP contribution is 2.07. The van der Waals surface area contributed by atoms with Crippen molar-refractivity contribution in [2.75, 3.05) is 33.4 Å². The second-order valence-electron chi connectivity index (χ2n) is 4.65. The number of hydrogen-bond donors (Lipinski definition) is 3. The minimum atomic E-state index is -0.195. The molecule has 2 atom stereocenters. The van der Waals surface area contributed by atoms with Gasteiger partial charge in [-0.25, -0.2) is 0 Å². The van der Waals surface area contributed by atoms with Gasteiger partial charge in [-0.05, 0) is 25.3 Å². The molecule has 0 spiro atoms. The van der Waals surface area contributed by atoms with E-state index < -0.39 is 0 Å². The molecule has 5 nitrogen and oxygen atoms in total. The van der Waals surface area contributed by atoms with E-state index in [4.69, 9.17) is 10.5 Å². The van der Waals surface area contributed by atoms with Gasteiger partial charge < -0.3 is 21.1 Å². The molecule has 0 aliphatic heterocycles. The lowest BCUT2D eigenvalue weighted by molar-refractivity contribution is -0.123. The van der Waals surface area contributed by atoms with Crippen molar-refractivity contribution in [2.24, 2.45) is 17.6 Å². The predicted octanol–water partition coefficient (Wildman–Crippen LogP) is -0.0420. The fraction of sp³-hybridized carbons (Fsp3) is 0.917. The van der Waals surface area contributed by atoms with Gasteiger partial charge in [-0.1, -0.05) is 13.8 Å². The Kier molecular flexibility index (Phi) is 9.03. The summed E-state index contributed by atoms with van der Waals surface area (Å²) in [4.78, 5) is 11.6. The van der Waals surface area contributed by atoms with Gasteiger partial charge in [0.2, 0.25) is 5.91 Å². The van der Waals surface area contributed by atoms with Crippen molar-refractivity contribution in [1.82, 2.24) is 10.6 Å². The van der Waals surface area contributed by atoms with Gasteiger partial charge in [-0.2, -0.15) is 0 Å². The number of hydrogen-bond acceptors (Lipinski definition) is 4. The Labute approximate surface area is 104 Å². The fourth-order valence-electron chi connectivity index (χ4n) is 1.44. The van der Waals surface area contributed by atoms with E-state index in [1.54, 1.807) is 7.11 Å². The summed E-state index contributed by atoms with van der Waals surface area (Å²) in [5, 5.41) is 6.01. The Bertz CT molecular complexity index is 210. The van der Waals surface area contributed by atoms with E-state index in [-0.39, 0.29) is 11.9 Å². The van der Waals surface area contributed by atoms with Crippen LogP contribution in [0.5, 0.6) is 0 Å². The van der Waals surface area contributed by atoms with Crippen LogP contribution < -0.4 is 16.4 Å². The standard InChI is InChI=1S/C12H27N3O2/c1-9(2)11(7-13)8-15-10(3)12(16)14-5-6-17-4/h9-11,15H,5-8,13H2,1-4H3,(H,14,16). The molecule has 0 aliphatic rings. The van der Waals surface area contributed by atoms with Gasteiger partial charge in [-0.15, -0.1) is 0 Å². The van der Waals surface area contributed by atoms with Gasteiger partial charge in [0.1, 0.15) is 0 Å². The van der Waals surface area contributed by atoms with E-state index in [9.17, 15) is 4.79 Å². The average Bonchev–Trinajstić information content (AvgIpc) is 2.29. The highest BCUT2D eigenvalue weighted by atomic mass is 16.5. The van der Waals surface area contributed by atoms with Crippen LogP contribution in [-0.2, 0) is 9.53 Å². The quantitative estimate of drug-likeness (QED) is 0.498. The molecule has 0 saturated carbocycles. The zero-order valence-electron chi connectivity index (χ0n) is 11.5. The number of rotatable bonds is 9. The summed E-state index contributed by atoms with van der Waals surface area (Å²) in [7, 11) is 1.61. The molecule has 5 heteroatoms. The van der Waals surface area contributed by atoms with E-state index in [0.29, 0.717) is 31.5 Å². The summed E-state index contributed by atoms with van der Waals surface area (Å²) in [6.07, 6.45) is 0. The number of nitrogens with two attached hydrogens (primary N) is 1. The summed E-state index contributed by atoms with van der Waals surface area (Å²) in [5.74, 6) is 0.932. The first-order valence-corrected chi connectivity index (χ1v) is 6.23. The van der Waals surface area contributed by atoms with Gasteiger partial charge in [0, 0.05) is 20.2 Å². The van der Waals surface area contributed by atoms with Gasteiger partial charge in [0.25, 0.3) is 0 Å². The number of nitrogens with one attached hydrogen (secondary N) is 2. The van der Waals surface area contributed by atoms with Crippen LogP contribution in [-0.4, -0.2) is 45.3 Å². The summed E-state index contributed by atoms with van der Waals surface area (Å²) in [6, 6.07) is -0.195. The number of ether oxygens (including phenoxy) is 1. The van der Waals surface area contributed by atoms with E-state index in [1.165, 1.54) is 0 Å². The molecule has 0 radical (unpaired) electrons. The molecule has 0 aromatic carbocycles. The molecule has 0 fully saturated rings. The van der Waals surface area contributed by atoms with Crippen LogP contribution >= 0.6 is 0 Å². The number of carbonyl (C=O) groups is 1. The van der Waals surface area contributed by atoms with Crippen molar-refractivity contribution in [3.05, 3.63) is 0 Å². The van der Waals surface area contributed by atoms with Gasteiger partial charge >= 0.3 is 0 Å². The summed E-state index contributed by atoms with van der Waals surface area (Å²) in [6.45, 7) is 8.64. The van der Waals surface area contributed by atoms with Crippen molar-refractivity contribution in [3.8, 4) is 0 Å². The number of carbonyl (C=O) groups excluding carboxylic acids is 1. The maximum absolute atomic E-state index is 11.6. The van der Waals surface area contributed by atoms with Crippen molar-refractivity contribution >= 4 is 5.91 Å². The Morgan fingerprint density at radius 3 is 2.47 bits per heavy atom. The first-order chi connectivity index (χ1) is 8.02. The van der Waals surface area contributed by atoms with Crippen LogP contribution in [0.4, 0.5) is 0 Å². The Hall–Kier alpha value is -0.650. The molecule has 0 aliphatic carbocycles. The normalized spacial score (nSPS) is 14.7. The zero-order valence-corrected chi connectivity index (χ0v) is 11.5. The maximum atomic E-state index is 11.6. The molecule has 2 unspecified atom stereocenters. The van der Waals surface area contributed by atoms with Crippen LogP contribution in [0.15, 0.2) is 0 Å². The summed E-state index contributed by atoms with van der Waals surface area (Å²) in [5.41, 5.74) is 5.68. The van der Waals surface area contributed by atoms with Crippen LogP contribution in [0.3, 0.4) is 0 Å². The van der Waals surface area contributed by atoms with Crippen molar-refractivity contribution in [3.63, 3.8) is 0 Å². The molecule has 102 valence electrons. The molecule has 0 aromatic heterocycles. The smallest absolute Gasteiger partial charge is 0.236 e. The topological polar surface area (TPSA) is 76.4 Å². The van der Waals surface area contributed by atoms with E-state index in [0.717, 1.165) is 6.54 Å². The highest BCUT2D eigenvalue weighted by Gasteiger charge is 2.16. The third-order valence-electron chi connectivity index (χ3n) is 2.93. The zero-order chi connectivity index (χ0) is 13.3. The summed E-state index contributed by atoms with van der Waals surface area (Å²) >= 11 is 0. The first kappa shape index (κ1) is 16.4. The largest absolute Gasteiger partial charge is 0.383 e. The van der Waals surface area contributed by atoms with E-state index in [1.807, 2.05) is 6.92 Å². The molecule has 0 aromatic rings. The molecule has 1 amide bonds. The predicted molar refractivity (Wildman–Crippen MR) is 69.7 cm³/mol. The van der Waals surface area contributed by atoms with Crippen molar-refractivity contribution in [1.29, 1.82) is 0 Å². The van der Waals surface area contributed by atoms with Gasteiger partial charge in [-0.3, -0.25) is 4.79 Å². The second kappa shape index (κ2) is 9.39. The Balaban J connectivity index is 3.83. The highest BCUT2D eigenvalue weighted by molar-refractivity contribution is 5.81. The molecule has 4 N–H and O–H groups in total. The minimum Gasteiger partial charge on any atom is -0.383 e. The monoisotopic (exact) mass is 245 g/mol. The molecule has 0 saturated heterocycles. The number of methoxy groups -OCH3 is 1.